The van der Waals surface area contributed by atoms with Crippen LogP contribution in [-0.4, -0.2) is 10.7 Å². The van der Waals surface area contributed by atoms with Gasteiger partial charge >= 0.3 is 0 Å². The molecule has 0 aromatic heterocycles. The van der Waals surface area contributed by atoms with Crippen LogP contribution in [0.3, 0.4) is 0 Å². The summed E-state index contributed by atoms with van der Waals surface area (Å²) in [4.78, 5) is 21.5. The van der Waals surface area contributed by atoms with Gasteiger partial charge in [0.15, 0.2) is 5.78 Å². The maximum Gasteiger partial charge on any atom is 0.271 e. The highest BCUT2D eigenvalue weighted by Gasteiger charge is 2.16. The lowest BCUT2D eigenvalue weighted by Crippen LogP contribution is -1.97. The molecule has 2 rings (SSSR count). The molecular weight excluding hydrogens is 220 g/mol. The molecule has 5 heteroatoms. The Labute approximate surface area is 98.3 Å². The number of nitro benzene ring substituents is 1. The maximum absolute atomic E-state index is 11.4. The third-order valence-corrected chi connectivity index (χ3v) is 2.68. The number of non-ortho nitro benzene ring substituents is 1. The van der Waals surface area contributed by atoms with Crippen molar-refractivity contribution < 1.29 is 9.72 Å². The van der Waals surface area contributed by atoms with Gasteiger partial charge < -0.3 is 5.32 Å². The Bertz CT molecular complexity index is 494. The minimum Gasteiger partial charge on any atom is -0.361 e. The van der Waals surface area contributed by atoms with Crippen LogP contribution in [0.1, 0.15) is 19.3 Å². The highest BCUT2D eigenvalue weighted by atomic mass is 16.6. The lowest BCUT2D eigenvalue weighted by Gasteiger charge is -2.01. The van der Waals surface area contributed by atoms with E-state index < -0.39 is 4.92 Å². The molecule has 0 spiro atoms. The van der Waals surface area contributed by atoms with Crippen LogP contribution in [0, 0.1) is 10.1 Å². The summed E-state index contributed by atoms with van der Waals surface area (Å²) >= 11 is 0. The maximum atomic E-state index is 11.4. The van der Waals surface area contributed by atoms with Gasteiger partial charge in [0, 0.05) is 36.0 Å². The number of ketones is 1. The fraction of sp³-hybridized carbons (Fsp3) is 0.250. The number of Topliss-reactive ketones (excluding diaryl/α,β-unsaturated/α-hetero) is 1. The number of nitro groups is 1. The Morgan fingerprint density at radius 2 is 2.18 bits per heavy atom. The second kappa shape index (κ2) is 4.78. The molecule has 88 valence electrons. The molecule has 1 N–H and O–H groups in total. The fourth-order valence-electron chi connectivity index (χ4n) is 1.77. The average Bonchev–Trinajstić information content (AvgIpc) is 2.72. The first kappa shape index (κ1) is 11.3. The van der Waals surface area contributed by atoms with E-state index >= 15 is 0 Å². The van der Waals surface area contributed by atoms with Crippen molar-refractivity contribution in [1.29, 1.82) is 0 Å². The van der Waals surface area contributed by atoms with Gasteiger partial charge in [-0.05, 0) is 18.9 Å². The second-order valence-corrected chi connectivity index (χ2v) is 3.90. The molecule has 5 nitrogen and oxygen atoms in total. The van der Waals surface area contributed by atoms with E-state index in [1.807, 2.05) is 0 Å². The summed E-state index contributed by atoms with van der Waals surface area (Å²) in [7, 11) is 0. The van der Waals surface area contributed by atoms with Crippen LogP contribution in [0.5, 0.6) is 0 Å². The van der Waals surface area contributed by atoms with Crippen LogP contribution in [0.4, 0.5) is 11.4 Å². The van der Waals surface area contributed by atoms with Crippen molar-refractivity contribution in [2.24, 2.45) is 0 Å². The Morgan fingerprint density at radius 3 is 2.82 bits per heavy atom. The largest absolute Gasteiger partial charge is 0.361 e. The molecule has 0 saturated heterocycles. The van der Waals surface area contributed by atoms with E-state index in [2.05, 4.69) is 5.32 Å². The molecule has 17 heavy (non-hydrogen) atoms. The van der Waals surface area contributed by atoms with Gasteiger partial charge in [-0.3, -0.25) is 14.9 Å². The van der Waals surface area contributed by atoms with Gasteiger partial charge in [0.25, 0.3) is 5.69 Å². The zero-order chi connectivity index (χ0) is 12.3. The van der Waals surface area contributed by atoms with E-state index in [9.17, 15) is 14.9 Å². The van der Waals surface area contributed by atoms with Crippen molar-refractivity contribution in [2.75, 3.05) is 5.32 Å². The molecule has 0 radical (unpaired) electrons. The molecule has 0 heterocycles. The van der Waals surface area contributed by atoms with E-state index in [1.54, 1.807) is 18.3 Å². The number of carbonyl (C=O) groups is 1. The first-order valence-electron chi connectivity index (χ1n) is 5.40. The number of hydrogen-bond donors (Lipinski definition) is 1. The number of allylic oxidation sites excluding steroid dienone is 1. The van der Waals surface area contributed by atoms with Gasteiger partial charge in [0.05, 0.1) is 4.92 Å². The van der Waals surface area contributed by atoms with E-state index in [0.29, 0.717) is 12.1 Å². The van der Waals surface area contributed by atoms with E-state index in [0.717, 1.165) is 18.4 Å². The van der Waals surface area contributed by atoms with Crippen LogP contribution in [0.15, 0.2) is 36.0 Å². The number of hydrogen-bond acceptors (Lipinski definition) is 4. The van der Waals surface area contributed by atoms with Gasteiger partial charge in [-0.1, -0.05) is 6.07 Å². The summed E-state index contributed by atoms with van der Waals surface area (Å²) < 4.78 is 0. The molecular formula is C12H12N2O3. The molecule has 1 fully saturated rings. The van der Waals surface area contributed by atoms with Gasteiger partial charge in [-0.2, -0.15) is 0 Å². The molecule has 0 amide bonds. The SMILES string of the molecule is O=C1CCC/C1=C\Nc1cccc([N+](=O)[O-])c1. The molecule has 0 aliphatic heterocycles. The molecule has 0 unspecified atom stereocenters. The van der Waals surface area contributed by atoms with Gasteiger partial charge in [0.1, 0.15) is 0 Å². The minimum absolute atomic E-state index is 0.0335. The molecule has 1 aliphatic carbocycles. The van der Waals surface area contributed by atoms with Gasteiger partial charge in [-0.25, -0.2) is 0 Å². The summed E-state index contributed by atoms with van der Waals surface area (Å²) in [5.41, 5.74) is 1.41. The van der Waals surface area contributed by atoms with Gasteiger partial charge in [0.2, 0.25) is 0 Å². The lowest BCUT2D eigenvalue weighted by atomic mass is 10.2. The van der Waals surface area contributed by atoms with Crippen LogP contribution in [0.25, 0.3) is 0 Å². The Hall–Kier alpha value is -2.17. The number of benzene rings is 1. The molecule has 0 atom stereocenters. The van der Waals surface area contributed by atoms with Crippen molar-refractivity contribution in [3.63, 3.8) is 0 Å². The number of carbonyl (C=O) groups excluding carboxylic acids is 1. The molecule has 0 bridgehead atoms. The highest BCUT2D eigenvalue weighted by molar-refractivity contribution is 5.97. The monoisotopic (exact) mass is 232 g/mol. The fourth-order valence-corrected chi connectivity index (χ4v) is 1.77. The summed E-state index contributed by atoms with van der Waals surface area (Å²) in [6.07, 6.45) is 3.92. The van der Waals surface area contributed by atoms with Crippen LogP contribution >= 0.6 is 0 Å². The van der Waals surface area contributed by atoms with Crippen LogP contribution < -0.4 is 5.32 Å². The zero-order valence-corrected chi connectivity index (χ0v) is 9.18. The van der Waals surface area contributed by atoms with Crippen LogP contribution in [-0.2, 0) is 4.79 Å². The van der Waals surface area contributed by atoms with E-state index in [4.69, 9.17) is 0 Å². The predicted molar refractivity (Wildman–Crippen MR) is 63.7 cm³/mol. The number of nitrogens with one attached hydrogen (secondary N) is 1. The standard InChI is InChI=1S/C12H12N2O3/c15-12-6-1-3-9(12)8-13-10-4-2-5-11(7-10)14(16)17/h2,4-5,7-8,13H,1,3,6H2/b9-8+. The number of rotatable bonds is 3. The Kier molecular flexibility index (Phi) is 3.18. The Morgan fingerprint density at radius 1 is 1.35 bits per heavy atom. The molecule has 1 aromatic carbocycles. The van der Waals surface area contributed by atoms with Crippen molar-refractivity contribution in [3.05, 3.63) is 46.2 Å². The molecule has 1 saturated carbocycles. The predicted octanol–water partition coefficient (Wildman–Crippen LogP) is 2.64. The normalized spacial score (nSPS) is 17.4. The second-order valence-electron chi connectivity index (χ2n) is 3.90. The van der Waals surface area contributed by atoms with E-state index in [-0.39, 0.29) is 11.5 Å². The summed E-state index contributed by atoms with van der Waals surface area (Å²) in [6, 6.07) is 6.20. The third-order valence-electron chi connectivity index (χ3n) is 2.68. The third kappa shape index (κ3) is 2.69. The summed E-state index contributed by atoms with van der Waals surface area (Å²) in [6.45, 7) is 0. The molecule has 1 aliphatic rings. The topological polar surface area (TPSA) is 72.2 Å². The van der Waals surface area contributed by atoms with Gasteiger partial charge in [-0.15, -0.1) is 0 Å². The van der Waals surface area contributed by atoms with E-state index in [1.165, 1.54) is 12.1 Å². The van der Waals surface area contributed by atoms with Crippen molar-refractivity contribution in [2.45, 2.75) is 19.3 Å². The summed E-state index contributed by atoms with van der Waals surface area (Å²) in [5.74, 6) is 0.155. The molecule has 1 aromatic rings. The lowest BCUT2D eigenvalue weighted by molar-refractivity contribution is -0.384. The van der Waals surface area contributed by atoms with Crippen molar-refractivity contribution in [3.8, 4) is 0 Å². The Balaban J connectivity index is 2.11. The number of nitrogens with zero attached hydrogens (tertiary/aromatic N) is 1. The average molecular weight is 232 g/mol. The van der Waals surface area contributed by atoms with Crippen molar-refractivity contribution in [1.82, 2.24) is 0 Å². The first-order chi connectivity index (χ1) is 8.16. The van der Waals surface area contributed by atoms with Crippen LogP contribution in [0.2, 0.25) is 0 Å². The highest BCUT2D eigenvalue weighted by Crippen LogP contribution is 2.21. The minimum atomic E-state index is -0.445. The summed E-state index contributed by atoms with van der Waals surface area (Å²) in [5, 5.41) is 13.5. The number of anilines is 1. The smallest absolute Gasteiger partial charge is 0.271 e. The quantitative estimate of drug-likeness (QED) is 0.494. The van der Waals surface area contributed by atoms with Crippen molar-refractivity contribution >= 4 is 17.2 Å². The zero-order valence-electron chi connectivity index (χ0n) is 9.18. The first-order valence-corrected chi connectivity index (χ1v) is 5.40.